The van der Waals surface area contributed by atoms with Crippen molar-refractivity contribution in [2.45, 2.75) is 99.0 Å². The number of ether oxygens (including phenoxy) is 3. The van der Waals surface area contributed by atoms with Gasteiger partial charge in [0.25, 0.3) is 0 Å². The number of hydrogen-bond acceptors (Lipinski definition) is 4. The fourth-order valence-corrected chi connectivity index (χ4v) is 3.34. The third-order valence-electron chi connectivity index (χ3n) is 4.70. The van der Waals surface area contributed by atoms with E-state index in [1.54, 1.807) is 14.2 Å². The van der Waals surface area contributed by atoms with Crippen molar-refractivity contribution in [2.75, 3.05) is 14.2 Å². The molecule has 4 heteroatoms. The Morgan fingerprint density at radius 2 is 1.66 bits per heavy atom. The molecule has 0 aromatic heterocycles. The fourth-order valence-electron chi connectivity index (χ4n) is 3.34. The molecule has 0 amide bonds. The van der Waals surface area contributed by atoms with E-state index in [0.29, 0.717) is 0 Å². The number of carbonyl (C=O) groups excluding carboxylic acids is 1. The van der Waals surface area contributed by atoms with Crippen LogP contribution < -0.4 is 9.47 Å². The summed E-state index contributed by atoms with van der Waals surface area (Å²) in [4.78, 5) is 10.2. The van der Waals surface area contributed by atoms with Crippen LogP contribution in [-0.4, -0.2) is 25.8 Å². The van der Waals surface area contributed by atoms with Crippen LogP contribution in [0.4, 0.5) is 0 Å². The van der Waals surface area contributed by atoms with Crippen LogP contribution in [0.2, 0.25) is 0 Å². The molecule has 0 saturated heterocycles. The van der Waals surface area contributed by atoms with E-state index >= 15 is 0 Å². The maximum Gasteiger partial charge on any atom is 0.303 e. The molecule has 0 heterocycles. The summed E-state index contributed by atoms with van der Waals surface area (Å²) >= 11 is 0. The Morgan fingerprint density at radius 3 is 2.03 bits per heavy atom. The van der Waals surface area contributed by atoms with Gasteiger partial charge >= 0.3 is 5.97 Å². The van der Waals surface area contributed by atoms with Gasteiger partial charge in [0.1, 0.15) is 5.60 Å². The Bertz CT molecular complexity index is 585. The number of unbranched alkanes of at least 4 members (excludes halogenated alkanes) is 1. The highest BCUT2D eigenvalue weighted by Gasteiger charge is 2.22. The van der Waals surface area contributed by atoms with Crippen LogP contribution in [0.3, 0.4) is 0 Å². The zero-order valence-electron chi connectivity index (χ0n) is 20.3. The second-order valence-corrected chi connectivity index (χ2v) is 8.54. The maximum atomic E-state index is 10.2. The van der Waals surface area contributed by atoms with Gasteiger partial charge in [-0.3, -0.25) is 4.79 Å². The molecular formula is C25H44O4. The number of hydrogen-bond donors (Lipinski definition) is 0. The van der Waals surface area contributed by atoms with Crippen molar-refractivity contribution in [1.29, 1.82) is 0 Å². The number of esters is 1. The summed E-state index contributed by atoms with van der Waals surface area (Å²) in [5, 5.41) is 0. The second kappa shape index (κ2) is 14.3. The Hall–Kier alpha value is -1.71. The number of fused-ring (bicyclic) bond motifs is 1. The minimum Gasteiger partial charge on any atom is -0.493 e. The molecular weight excluding hydrogens is 364 g/mol. The van der Waals surface area contributed by atoms with Gasteiger partial charge in [0.2, 0.25) is 0 Å². The van der Waals surface area contributed by atoms with E-state index in [1.165, 1.54) is 56.6 Å². The third-order valence-corrected chi connectivity index (χ3v) is 4.70. The average molecular weight is 409 g/mol. The number of rotatable bonds is 5. The highest BCUT2D eigenvalue weighted by atomic mass is 16.6. The van der Waals surface area contributed by atoms with E-state index in [-0.39, 0.29) is 11.6 Å². The van der Waals surface area contributed by atoms with E-state index in [9.17, 15) is 4.79 Å². The monoisotopic (exact) mass is 408 g/mol. The standard InChI is InChI=1S/C15H22O2.C6H12O2.C4H10/c1-4-5-11-6-8-13-12(10-11)7-9-14(16-2)15(13)17-3;1-5(7)8-6(2,3)4;1-3-4-2/h7,9,11H,4-6,8,10H2,1-3H3;1-4H3;3-4H2,1-2H3/t11-;;/m0../s1. The molecule has 0 unspecified atom stereocenters. The van der Waals surface area contributed by atoms with Crippen LogP contribution in [-0.2, 0) is 22.4 Å². The third kappa shape index (κ3) is 11.2. The smallest absolute Gasteiger partial charge is 0.303 e. The molecule has 0 bridgehead atoms. The van der Waals surface area contributed by atoms with Crippen molar-refractivity contribution < 1.29 is 19.0 Å². The summed E-state index contributed by atoms with van der Waals surface area (Å²) in [5.41, 5.74) is 2.48. The molecule has 0 saturated carbocycles. The predicted molar refractivity (Wildman–Crippen MR) is 122 cm³/mol. The molecule has 4 nitrogen and oxygen atoms in total. The highest BCUT2D eigenvalue weighted by Crippen LogP contribution is 2.39. The normalized spacial score (nSPS) is 15.0. The minimum absolute atomic E-state index is 0.225. The first kappa shape index (κ1) is 27.3. The van der Waals surface area contributed by atoms with E-state index in [0.717, 1.165) is 23.8 Å². The van der Waals surface area contributed by atoms with Crippen LogP contribution in [0.1, 0.15) is 91.7 Å². The molecule has 1 aliphatic carbocycles. The Labute approximate surface area is 179 Å². The van der Waals surface area contributed by atoms with Gasteiger partial charge in [-0.25, -0.2) is 0 Å². The van der Waals surface area contributed by atoms with Crippen molar-refractivity contribution in [2.24, 2.45) is 5.92 Å². The molecule has 0 spiro atoms. The van der Waals surface area contributed by atoms with Crippen molar-refractivity contribution >= 4 is 5.97 Å². The summed E-state index contributed by atoms with van der Waals surface area (Å²) in [6.45, 7) is 13.6. The van der Waals surface area contributed by atoms with Crippen molar-refractivity contribution in [3.8, 4) is 11.5 Å². The van der Waals surface area contributed by atoms with Crippen molar-refractivity contribution in [3.63, 3.8) is 0 Å². The topological polar surface area (TPSA) is 44.8 Å². The molecule has 168 valence electrons. The zero-order valence-corrected chi connectivity index (χ0v) is 20.3. The van der Waals surface area contributed by atoms with E-state index in [1.807, 2.05) is 26.8 Å². The Balaban J connectivity index is 0.000000547. The van der Waals surface area contributed by atoms with Gasteiger partial charge in [-0.1, -0.05) is 52.5 Å². The molecule has 0 N–H and O–H groups in total. The molecule has 0 aliphatic heterocycles. The molecule has 0 fully saturated rings. The largest absolute Gasteiger partial charge is 0.493 e. The molecule has 0 radical (unpaired) electrons. The number of methoxy groups -OCH3 is 2. The van der Waals surface area contributed by atoms with Crippen LogP contribution in [0.15, 0.2) is 12.1 Å². The highest BCUT2D eigenvalue weighted by molar-refractivity contribution is 5.66. The van der Waals surface area contributed by atoms with Gasteiger partial charge in [0.05, 0.1) is 14.2 Å². The minimum atomic E-state index is -0.328. The lowest BCUT2D eigenvalue weighted by atomic mass is 9.81. The quantitative estimate of drug-likeness (QED) is 0.505. The van der Waals surface area contributed by atoms with Crippen LogP contribution in [0.25, 0.3) is 0 Å². The van der Waals surface area contributed by atoms with Gasteiger partial charge in [-0.15, -0.1) is 0 Å². The van der Waals surface area contributed by atoms with Gasteiger partial charge in [-0.2, -0.15) is 0 Å². The lowest BCUT2D eigenvalue weighted by Crippen LogP contribution is -2.21. The SMILES string of the molecule is CC(=O)OC(C)(C)C.CCCC.CCC[C@H]1CCc2c(ccc(OC)c2OC)C1. The first-order chi connectivity index (χ1) is 13.6. The first-order valence-electron chi connectivity index (χ1n) is 11.1. The van der Waals surface area contributed by atoms with Gasteiger partial charge in [0.15, 0.2) is 11.5 Å². The lowest BCUT2D eigenvalue weighted by Gasteiger charge is -2.26. The molecule has 1 aromatic rings. The van der Waals surface area contributed by atoms with Crippen LogP contribution in [0.5, 0.6) is 11.5 Å². The summed E-state index contributed by atoms with van der Waals surface area (Å²) in [6.07, 6.45) is 8.87. The van der Waals surface area contributed by atoms with Gasteiger partial charge in [-0.05, 0) is 57.6 Å². The molecule has 29 heavy (non-hydrogen) atoms. The zero-order chi connectivity index (χ0) is 22.4. The summed E-state index contributed by atoms with van der Waals surface area (Å²) in [7, 11) is 3.43. The predicted octanol–water partition coefficient (Wildman–Crippen LogP) is 6.76. The lowest BCUT2D eigenvalue weighted by molar-refractivity contribution is -0.151. The number of benzene rings is 1. The summed E-state index contributed by atoms with van der Waals surface area (Å²) < 4.78 is 15.7. The van der Waals surface area contributed by atoms with E-state index < -0.39 is 0 Å². The van der Waals surface area contributed by atoms with Crippen LogP contribution >= 0.6 is 0 Å². The van der Waals surface area contributed by atoms with Gasteiger partial charge < -0.3 is 14.2 Å². The second-order valence-electron chi connectivity index (χ2n) is 8.54. The van der Waals surface area contributed by atoms with Gasteiger partial charge in [0, 0.05) is 12.5 Å². The molecule has 1 aliphatic rings. The maximum absolute atomic E-state index is 10.2. The first-order valence-corrected chi connectivity index (χ1v) is 11.1. The van der Waals surface area contributed by atoms with E-state index in [2.05, 4.69) is 26.8 Å². The average Bonchev–Trinajstić information content (AvgIpc) is 2.65. The van der Waals surface area contributed by atoms with E-state index in [4.69, 9.17) is 14.2 Å². The summed E-state index contributed by atoms with van der Waals surface area (Å²) in [5.74, 6) is 2.43. The molecule has 1 atom stereocenters. The Kier molecular flexibility index (Phi) is 13.5. The summed E-state index contributed by atoms with van der Waals surface area (Å²) in [6, 6.07) is 4.24. The molecule has 2 rings (SSSR count). The Morgan fingerprint density at radius 1 is 1.03 bits per heavy atom. The van der Waals surface area contributed by atoms with Crippen molar-refractivity contribution in [3.05, 3.63) is 23.3 Å². The van der Waals surface area contributed by atoms with Crippen LogP contribution in [0, 0.1) is 5.92 Å². The molecule has 1 aromatic carbocycles. The number of carbonyl (C=O) groups is 1. The van der Waals surface area contributed by atoms with Crippen molar-refractivity contribution in [1.82, 2.24) is 0 Å². The fraction of sp³-hybridized carbons (Fsp3) is 0.720.